The van der Waals surface area contributed by atoms with Gasteiger partial charge >= 0.3 is 12.0 Å². The monoisotopic (exact) mass is 308 g/mol. The van der Waals surface area contributed by atoms with E-state index in [0.717, 1.165) is 0 Å². The number of amides is 2. The highest BCUT2D eigenvalue weighted by Crippen LogP contribution is 2.40. The summed E-state index contributed by atoms with van der Waals surface area (Å²) < 4.78 is 11.2. The molecule has 0 fully saturated rings. The maximum atomic E-state index is 12.0. The summed E-state index contributed by atoms with van der Waals surface area (Å²) >= 11 is 0. The molecular weight excluding hydrogens is 288 g/mol. The lowest BCUT2D eigenvalue weighted by Gasteiger charge is -2.20. The van der Waals surface area contributed by atoms with Gasteiger partial charge in [0.25, 0.3) is 0 Å². The highest BCUT2D eigenvalue weighted by molar-refractivity contribution is 5.89. The topological polar surface area (TPSA) is 88.1 Å². The lowest BCUT2D eigenvalue weighted by atomic mass is 10.2. The Morgan fingerprint density at radius 2 is 1.95 bits per heavy atom. The minimum atomic E-state index is -0.940. The van der Waals surface area contributed by atoms with Crippen LogP contribution in [0.15, 0.2) is 18.2 Å². The molecule has 0 radical (unpaired) electrons. The largest absolute Gasteiger partial charge is 0.481 e. The van der Waals surface area contributed by atoms with Crippen LogP contribution in [-0.2, 0) is 4.79 Å². The van der Waals surface area contributed by atoms with Crippen molar-refractivity contribution in [2.24, 2.45) is 5.92 Å². The molecule has 120 valence electrons. The first-order valence-electron chi connectivity index (χ1n) is 6.95. The van der Waals surface area contributed by atoms with E-state index in [9.17, 15) is 9.59 Å². The van der Waals surface area contributed by atoms with Crippen LogP contribution in [0, 0.1) is 5.92 Å². The van der Waals surface area contributed by atoms with Gasteiger partial charge in [-0.3, -0.25) is 4.79 Å². The number of rotatable bonds is 4. The van der Waals surface area contributed by atoms with Crippen LogP contribution in [0.2, 0.25) is 0 Å². The van der Waals surface area contributed by atoms with E-state index in [2.05, 4.69) is 5.32 Å². The maximum absolute atomic E-state index is 12.0. The zero-order valence-electron chi connectivity index (χ0n) is 13.0. The molecule has 22 heavy (non-hydrogen) atoms. The summed E-state index contributed by atoms with van der Waals surface area (Å²) in [6.07, 6.45) is 0. The number of hydrogen-bond donors (Lipinski definition) is 2. The van der Waals surface area contributed by atoms with E-state index in [0.29, 0.717) is 17.2 Å². The molecule has 0 saturated carbocycles. The van der Waals surface area contributed by atoms with Gasteiger partial charge in [0, 0.05) is 39.2 Å². The molecule has 0 spiro atoms. The third-order valence-corrected chi connectivity index (χ3v) is 3.22. The van der Waals surface area contributed by atoms with E-state index in [-0.39, 0.29) is 12.6 Å². The Morgan fingerprint density at radius 3 is 2.59 bits per heavy atom. The molecule has 2 rings (SSSR count). The van der Waals surface area contributed by atoms with Crippen molar-refractivity contribution >= 4 is 17.7 Å². The number of carboxylic acid groups (broad SMARTS) is 1. The molecule has 7 nitrogen and oxygen atoms in total. The molecule has 1 aliphatic rings. The van der Waals surface area contributed by atoms with Gasteiger partial charge in [0.1, 0.15) is 0 Å². The zero-order chi connectivity index (χ0) is 16.5. The molecule has 0 aromatic heterocycles. The lowest BCUT2D eigenvalue weighted by Crippen LogP contribution is -2.36. The second kappa shape index (κ2) is 5.75. The summed E-state index contributed by atoms with van der Waals surface area (Å²) in [7, 11) is 1.55. The minimum absolute atomic E-state index is 0.124. The van der Waals surface area contributed by atoms with E-state index in [1.807, 2.05) is 0 Å². The number of aliphatic carboxylic acids is 1. The third-order valence-electron chi connectivity index (χ3n) is 3.22. The van der Waals surface area contributed by atoms with Crippen molar-refractivity contribution in [3.05, 3.63) is 18.2 Å². The fourth-order valence-electron chi connectivity index (χ4n) is 2.09. The predicted octanol–water partition coefficient (Wildman–Crippen LogP) is 2.38. The van der Waals surface area contributed by atoms with E-state index < -0.39 is 17.7 Å². The molecule has 7 heteroatoms. The van der Waals surface area contributed by atoms with Crippen LogP contribution in [0.1, 0.15) is 20.8 Å². The maximum Gasteiger partial charge on any atom is 0.321 e. The van der Waals surface area contributed by atoms with Crippen LogP contribution >= 0.6 is 0 Å². The van der Waals surface area contributed by atoms with E-state index in [1.54, 1.807) is 46.0 Å². The standard InChI is InChI=1S/C15H20N2O5/c1-9(13(18)19)8-17(4)14(20)16-10-5-6-11-12(7-10)22-15(2,3)21-11/h5-7,9H,8H2,1-4H3,(H,16,20)(H,18,19). The lowest BCUT2D eigenvalue weighted by molar-refractivity contribution is -0.141. The van der Waals surface area contributed by atoms with Gasteiger partial charge in [0.15, 0.2) is 11.5 Å². The second-order valence-corrected chi connectivity index (χ2v) is 5.82. The number of nitrogens with one attached hydrogen (secondary N) is 1. The van der Waals surface area contributed by atoms with Crippen LogP contribution in [0.3, 0.4) is 0 Å². The van der Waals surface area contributed by atoms with Crippen molar-refractivity contribution in [3.8, 4) is 11.5 Å². The van der Waals surface area contributed by atoms with Crippen molar-refractivity contribution in [2.75, 3.05) is 18.9 Å². The van der Waals surface area contributed by atoms with Crippen molar-refractivity contribution < 1.29 is 24.2 Å². The SMILES string of the molecule is CC(CN(C)C(=O)Nc1ccc2c(c1)OC(C)(C)O2)C(=O)O. The number of carbonyl (C=O) groups excluding carboxylic acids is 1. The van der Waals surface area contributed by atoms with Gasteiger partial charge in [-0.15, -0.1) is 0 Å². The summed E-state index contributed by atoms with van der Waals surface area (Å²) in [5.74, 6) is -1.11. The quantitative estimate of drug-likeness (QED) is 0.891. The number of nitrogens with zero attached hydrogens (tertiary/aromatic N) is 1. The van der Waals surface area contributed by atoms with Gasteiger partial charge in [-0.2, -0.15) is 0 Å². The number of carboxylic acids is 1. The number of benzene rings is 1. The van der Waals surface area contributed by atoms with Crippen LogP contribution in [0.4, 0.5) is 10.5 Å². The van der Waals surface area contributed by atoms with Crippen molar-refractivity contribution in [1.82, 2.24) is 4.90 Å². The minimum Gasteiger partial charge on any atom is -0.481 e. The summed E-state index contributed by atoms with van der Waals surface area (Å²) in [6.45, 7) is 5.27. The first-order valence-corrected chi connectivity index (χ1v) is 6.95. The highest BCUT2D eigenvalue weighted by atomic mass is 16.7. The molecule has 1 aliphatic heterocycles. The molecule has 0 aliphatic carbocycles. The van der Waals surface area contributed by atoms with Crippen LogP contribution in [0.25, 0.3) is 0 Å². The molecular formula is C15H20N2O5. The van der Waals surface area contributed by atoms with Gasteiger partial charge < -0.3 is 24.8 Å². The average Bonchev–Trinajstić information content (AvgIpc) is 2.71. The Morgan fingerprint density at radius 1 is 1.32 bits per heavy atom. The number of hydrogen-bond acceptors (Lipinski definition) is 4. The Hall–Kier alpha value is -2.44. The van der Waals surface area contributed by atoms with Gasteiger partial charge in [-0.05, 0) is 12.1 Å². The van der Waals surface area contributed by atoms with Crippen LogP contribution in [-0.4, -0.2) is 41.4 Å². The van der Waals surface area contributed by atoms with Crippen molar-refractivity contribution in [2.45, 2.75) is 26.6 Å². The first-order chi connectivity index (χ1) is 10.2. The summed E-state index contributed by atoms with van der Waals surface area (Å²) in [6, 6.07) is 4.72. The normalized spacial score (nSPS) is 16.0. The fraction of sp³-hybridized carbons (Fsp3) is 0.467. The molecule has 1 aromatic rings. The van der Waals surface area contributed by atoms with Crippen molar-refractivity contribution in [1.29, 1.82) is 0 Å². The smallest absolute Gasteiger partial charge is 0.321 e. The van der Waals surface area contributed by atoms with Gasteiger partial charge in [0.2, 0.25) is 5.79 Å². The Balaban J connectivity index is 2.00. The third kappa shape index (κ3) is 3.60. The van der Waals surface area contributed by atoms with E-state index in [4.69, 9.17) is 14.6 Å². The summed E-state index contributed by atoms with van der Waals surface area (Å²) in [5, 5.41) is 11.6. The Bertz CT molecular complexity index is 600. The van der Waals surface area contributed by atoms with Crippen LogP contribution in [0.5, 0.6) is 11.5 Å². The number of fused-ring (bicyclic) bond motifs is 1. The second-order valence-electron chi connectivity index (χ2n) is 5.82. The predicted molar refractivity (Wildman–Crippen MR) is 80.2 cm³/mol. The Kier molecular flexibility index (Phi) is 4.16. The molecule has 1 atom stereocenters. The molecule has 1 heterocycles. The first kappa shape index (κ1) is 15.9. The Labute approximate surface area is 128 Å². The summed E-state index contributed by atoms with van der Waals surface area (Å²) in [5.41, 5.74) is 0.555. The van der Waals surface area contributed by atoms with Crippen LogP contribution < -0.4 is 14.8 Å². The van der Waals surface area contributed by atoms with Crippen molar-refractivity contribution in [3.63, 3.8) is 0 Å². The number of carbonyl (C=O) groups is 2. The van der Waals surface area contributed by atoms with Gasteiger partial charge in [-0.1, -0.05) is 6.92 Å². The number of urea groups is 1. The number of anilines is 1. The molecule has 0 saturated heterocycles. The molecule has 1 aromatic carbocycles. The molecule has 2 N–H and O–H groups in total. The van der Waals surface area contributed by atoms with Gasteiger partial charge in [-0.25, -0.2) is 4.79 Å². The molecule has 1 unspecified atom stereocenters. The van der Waals surface area contributed by atoms with E-state index >= 15 is 0 Å². The fourth-order valence-corrected chi connectivity index (χ4v) is 2.09. The molecule has 2 amide bonds. The van der Waals surface area contributed by atoms with E-state index in [1.165, 1.54) is 4.90 Å². The average molecular weight is 308 g/mol. The number of ether oxygens (including phenoxy) is 2. The van der Waals surface area contributed by atoms with Gasteiger partial charge in [0.05, 0.1) is 5.92 Å². The zero-order valence-corrected chi connectivity index (χ0v) is 13.0. The molecule has 0 bridgehead atoms. The summed E-state index contributed by atoms with van der Waals surface area (Å²) in [4.78, 5) is 24.2. The highest BCUT2D eigenvalue weighted by Gasteiger charge is 2.31.